The van der Waals surface area contributed by atoms with Crippen LogP contribution in [0, 0.1) is 0 Å². The van der Waals surface area contributed by atoms with Crippen LogP contribution in [-0.2, 0) is 67.2 Å². The van der Waals surface area contributed by atoms with E-state index < -0.39 is 54.1 Å². The number of nitrogens with one attached hydrogen (secondary N) is 1. The number of rotatable bonds is 23. The number of carbonyl (C=O) groups is 1. The van der Waals surface area contributed by atoms with E-state index in [0.29, 0.717) is 61.9 Å². The van der Waals surface area contributed by atoms with Crippen LogP contribution < -0.4 is 161 Å². The normalized spacial score (nSPS) is 17.0. The van der Waals surface area contributed by atoms with Crippen molar-refractivity contribution < 1.29 is 208 Å². The Morgan fingerprint density at radius 1 is 0.825 bits per heavy atom. The van der Waals surface area contributed by atoms with Gasteiger partial charge in [0.2, 0.25) is 5.69 Å². The van der Waals surface area contributed by atoms with Crippen molar-refractivity contribution >= 4 is 93.9 Å². The first-order chi connectivity index (χ1) is 36.1. The molecule has 0 amide bonds. The summed E-state index contributed by atoms with van der Waals surface area (Å²) in [5.41, 5.74) is 8.90. The molecule has 8 rings (SSSR count). The number of carboxylic acids is 1. The summed E-state index contributed by atoms with van der Waals surface area (Å²) < 4.78 is 105. The Morgan fingerprint density at radius 2 is 1.51 bits per heavy atom. The second kappa shape index (κ2) is 31.1. The first kappa shape index (κ1) is 71.6. The van der Waals surface area contributed by atoms with Crippen molar-refractivity contribution in [2.75, 3.05) is 35.7 Å². The Morgan fingerprint density at radius 3 is 2.19 bits per heavy atom. The molecule has 5 aromatic carbocycles. The van der Waals surface area contributed by atoms with E-state index in [1.165, 1.54) is 12.1 Å². The zero-order valence-electron chi connectivity index (χ0n) is 46.3. The van der Waals surface area contributed by atoms with Gasteiger partial charge < -0.3 is 43.2 Å². The van der Waals surface area contributed by atoms with E-state index in [4.69, 9.17) is 4.18 Å². The average molecular weight is 1220 g/mol. The van der Waals surface area contributed by atoms with Gasteiger partial charge in [-0.2, -0.15) is 8.91 Å². The number of nitrogens with zero attached hydrogens (tertiary/aromatic N) is 2. The summed E-state index contributed by atoms with van der Waals surface area (Å²) in [4.78, 5) is 13.7. The van der Waals surface area contributed by atoms with Crippen LogP contribution in [0.2, 0.25) is 0 Å². The van der Waals surface area contributed by atoms with Crippen LogP contribution in [0.25, 0.3) is 21.5 Å². The van der Waals surface area contributed by atoms with Gasteiger partial charge in [-0.1, -0.05) is 56.3 Å². The van der Waals surface area contributed by atoms with E-state index in [-0.39, 0.29) is 164 Å². The van der Waals surface area contributed by atoms with Crippen molar-refractivity contribution in [2.24, 2.45) is 0 Å². The topological polar surface area (TPSA) is 264 Å². The number of aryl methyl sites for hydroxylation is 1. The van der Waals surface area contributed by atoms with E-state index in [2.05, 4.69) is 82.2 Å². The maximum atomic E-state index is 12.1. The second-order valence-corrected chi connectivity index (χ2v) is 24.3. The largest absolute Gasteiger partial charge is 1.00 e. The molecule has 0 saturated carbocycles. The Hall–Kier alpha value is -0.924. The number of aliphatic carboxylic acids is 1. The number of benzene rings is 5. The number of hydrogen-bond acceptors (Lipinski definition) is 17. The van der Waals surface area contributed by atoms with Crippen LogP contribution in [0.15, 0.2) is 142 Å². The fourth-order valence-corrected chi connectivity index (χ4v) is 12.6. The van der Waals surface area contributed by atoms with Crippen LogP contribution in [0.4, 0.5) is 17.1 Å². The summed E-state index contributed by atoms with van der Waals surface area (Å²) in [7, 11) is -9.17. The molecule has 0 aromatic heterocycles. The molecule has 0 radical (unpaired) electrons. The zero-order chi connectivity index (χ0) is 54.6. The van der Waals surface area contributed by atoms with E-state index in [9.17, 15) is 49.9 Å². The molecule has 1 aliphatic carbocycles. The molecule has 1 atom stereocenters. The van der Waals surface area contributed by atoms with Gasteiger partial charge in [-0.3, -0.25) is 5.04 Å². The van der Waals surface area contributed by atoms with Crippen molar-refractivity contribution in [3.8, 4) is 0 Å². The fourth-order valence-electron chi connectivity index (χ4n) is 10.9. The Kier molecular flexibility index (Phi) is 27.8. The fraction of sp³-hybridized carbons (Fsp3) is 0.345. The smallest absolute Gasteiger partial charge is 0.750 e. The van der Waals surface area contributed by atoms with Gasteiger partial charge in [0.1, 0.15) is 16.7 Å². The molecule has 0 fully saturated rings. The Bertz CT molecular complexity index is 3500. The second-order valence-electron chi connectivity index (χ2n) is 20.0. The number of hydrogen-bond donors (Lipinski definition) is 1. The van der Waals surface area contributed by atoms with E-state index in [0.717, 1.165) is 96.6 Å². The number of unbranched alkanes of at least 4 members (excludes halogenated alkanes) is 2. The van der Waals surface area contributed by atoms with Crippen LogP contribution in [0.1, 0.15) is 95.8 Å². The molecule has 5 aromatic rings. The third-order valence-electron chi connectivity index (χ3n) is 14.3. The number of allylic oxidation sites excluding steroid dienone is 7. The quantitative estimate of drug-likeness (QED) is 0.00951. The zero-order valence-corrected chi connectivity index (χ0v) is 58.7. The van der Waals surface area contributed by atoms with Gasteiger partial charge in [0, 0.05) is 75.5 Å². The molecule has 1 N–H and O–H groups in total. The van der Waals surface area contributed by atoms with E-state index >= 15 is 0 Å². The molecule has 0 saturated heterocycles. The Balaban J connectivity index is 0.00000344. The first-order valence-electron chi connectivity index (χ1n) is 24.8. The van der Waals surface area contributed by atoms with Gasteiger partial charge in [-0.05, 0) is 164 Å². The van der Waals surface area contributed by atoms with Crippen molar-refractivity contribution in [3.05, 3.63) is 148 Å². The number of anilines is 2. The molecule has 17 nitrogen and oxygen atoms in total. The summed E-state index contributed by atoms with van der Waals surface area (Å²) >= 11 is -1.81. The maximum absolute atomic E-state index is 12.1. The average Bonchev–Trinajstić information content (AvgIpc) is 3.72. The Labute approximate surface area is 583 Å². The number of carboxylic acid groups (broad SMARTS) is 1. The van der Waals surface area contributed by atoms with Crippen LogP contribution >= 0.6 is 12.0 Å². The molecular weight excluding hydrogens is 1160 g/mol. The molecule has 0 bridgehead atoms. The van der Waals surface area contributed by atoms with Gasteiger partial charge in [0.05, 0.1) is 50.4 Å². The summed E-state index contributed by atoms with van der Waals surface area (Å²) in [6.45, 7) is 9.43. The summed E-state index contributed by atoms with van der Waals surface area (Å²) in [5, 5.41) is 32.5. The molecule has 2 heterocycles. The summed E-state index contributed by atoms with van der Waals surface area (Å²) in [6, 6.07) is 25.4. The van der Waals surface area contributed by atoms with Crippen molar-refractivity contribution in [3.63, 3.8) is 0 Å². The van der Waals surface area contributed by atoms with Crippen LogP contribution in [-0.4, -0.2) is 76.4 Å². The molecule has 1 unspecified atom stereocenters. The van der Waals surface area contributed by atoms with Gasteiger partial charge in [-0.25, -0.2) is 21.0 Å². The van der Waals surface area contributed by atoms with Crippen molar-refractivity contribution in [2.45, 2.75) is 106 Å². The molecule has 0 spiro atoms. The van der Waals surface area contributed by atoms with E-state index in [1.54, 1.807) is 12.1 Å². The van der Waals surface area contributed by atoms with Gasteiger partial charge in [0.25, 0.3) is 0 Å². The van der Waals surface area contributed by atoms with Crippen molar-refractivity contribution in [1.82, 2.24) is 0 Å². The standard InChI is InChI=1S/C55H61N3O14S4.K.3Na/c1-54(2)48(57(30-5-7-32-70-74(62)63)46-25-15-39-34-42(73-72-71-61)21-23-44(39)51(46)54)27-17-37-10-9-11-38(53(37)56-41-19-12-36(13-20-41)14-29-50(59)60)18-28-49-55(3,4)52-45-24-22-43(76(67,68)69)35-40(45)16-26-47(52)58(49)31-6-8-33-75(64,65)66;;;;/h12-13,15-28,34-35H,5-11,14,29-33H2,1-4H3,(H5,59,60,61,62,63,64,65,66,67,68,69);;;;/q;4*+1/p-4/b38-18+,49-28+;;;;. The summed E-state index contributed by atoms with van der Waals surface area (Å²) in [5.74, 6) is -1.64. The molecule has 3 aliphatic rings. The SMILES string of the molecule is CC1(C)C(/C=C/C2=C(Nc3ccc(CCC(=O)[O-])cc3)C(=C/C=C3/N(CCCCS(=O)(=O)[O-])c4ccc5cc(S(=O)(=O)[O-])ccc5c4C3(C)C)/CCC2)=[N+](CCCCOS(=O)[O-])c2ccc3cc(SOO[O-])ccc3c21.[K+].[Na+].[Na+].[Na+]. The molecule has 404 valence electrons. The van der Waals surface area contributed by atoms with Crippen LogP contribution in [0.5, 0.6) is 0 Å². The van der Waals surface area contributed by atoms with E-state index in [1.807, 2.05) is 54.6 Å². The minimum atomic E-state index is -4.73. The molecule has 80 heavy (non-hydrogen) atoms. The monoisotopic (exact) mass is 1220 g/mol. The predicted octanol–water partition coefficient (Wildman–Crippen LogP) is -4.17. The molecule has 25 heteroatoms. The summed E-state index contributed by atoms with van der Waals surface area (Å²) in [6.07, 6.45) is 12.5. The number of carbonyl (C=O) groups excluding carboxylic acids is 1. The van der Waals surface area contributed by atoms with Crippen molar-refractivity contribution in [1.29, 1.82) is 0 Å². The van der Waals surface area contributed by atoms with Gasteiger partial charge >= 0.3 is 140 Å². The minimum absolute atomic E-state index is 0. The van der Waals surface area contributed by atoms with Crippen LogP contribution in [0.3, 0.4) is 0 Å². The number of fused-ring (bicyclic) bond motifs is 6. The predicted molar refractivity (Wildman–Crippen MR) is 285 cm³/mol. The minimum Gasteiger partial charge on any atom is -0.750 e. The third-order valence-corrected chi connectivity index (χ3v) is 16.9. The van der Waals surface area contributed by atoms with Gasteiger partial charge in [-0.15, -0.1) is 0 Å². The third kappa shape index (κ3) is 17.4. The van der Waals surface area contributed by atoms with Gasteiger partial charge in [0.15, 0.2) is 5.71 Å². The molecule has 2 aliphatic heterocycles. The molecular formula is C55H57KN3Na3O14S4. The first-order valence-corrected chi connectivity index (χ1v) is 29.5. The maximum Gasteiger partial charge on any atom is 1.00 e.